The lowest BCUT2D eigenvalue weighted by atomic mass is 10.0. The van der Waals surface area contributed by atoms with Crippen molar-refractivity contribution in [2.45, 2.75) is 19.4 Å². The average molecular weight is 231 g/mol. The van der Waals surface area contributed by atoms with Gasteiger partial charge in [0, 0.05) is 12.2 Å². The first-order valence-electron chi connectivity index (χ1n) is 5.80. The molecule has 0 spiro atoms. The van der Waals surface area contributed by atoms with E-state index in [1.807, 2.05) is 24.3 Å². The van der Waals surface area contributed by atoms with E-state index in [0.29, 0.717) is 0 Å². The van der Waals surface area contributed by atoms with Crippen LogP contribution < -0.4 is 0 Å². The van der Waals surface area contributed by atoms with Gasteiger partial charge in [0.1, 0.15) is 6.04 Å². The van der Waals surface area contributed by atoms with Crippen molar-refractivity contribution in [2.24, 2.45) is 0 Å². The van der Waals surface area contributed by atoms with Crippen LogP contribution in [0.3, 0.4) is 0 Å². The molecular weight excluding hydrogens is 214 g/mol. The zero-order chi connectivity index (χ0) is 12.3. The second-order valence-corrected chi connectivity index (χ2v) is 4.24. The van der Waals surface area contributed by atoms with Gasteiger partial charge in [0.2, 0.25) is 0 Å². The molecule has 1 unspecified atom stereocenters. The smallest absolute Gasteiger partial charge is 0.328 e. The Morgan fingerprint density at radius 1 is 1.35 bits per heavy atom. The van der Waals surface area contributed by atoms with Gasteiger partial charge in [0.15, 0.2) is 0 Å². The lowest BCUT2D eigenvalue weighted by molar-refractivity contribution is -0.150. The van der Waals surface area contributed by atoms with Gasteiger partial charge in [-0.05, 0) is 25.5 Å². The van der Waals surface area contributed by atoms with E-state index in [9.17, 15) is 4.79 Å². The number of rotatable bonds is 2. The van der Waals surface area contributed by atoms with Gasteiger partial charge in [0.25, 0.3) is 0 Å². The van der Waals surface area contributed by atoms with Crippen LogP contribution in [-0.4, -0.2) is 30.6 Å². The summed E-state index contributed by atoms with van der Waals surface area (Å²) in [6.07, 6.45) is 13.1. The van der Waals surface area contributed by atoms with Crippen LogP contribution in [0.4, 0.5) is 0 Å². The first kappa shape index (κ1) is 11.7. The van der Waals surface area contributed by atoms with Crippen LogP contribution in [0.1, 0.15) is 13.3 Å². The fourth-order valence-electron chi connectivity index (χ4n) is 1.96. The van der Waals surface area contributed by atoms with Gasteiger partial charge in [0.05, 0.1) is 7.11 Å². The van der Waals surface area contributed by atoms with Gasteiger partial charge >= 0.3 is 5.97 Å². The molecule has 90 valence electrons. The first-order chi connectivity index (χ1) is 8.22. The zero-order valence-electron chi connectivity index (χ0n) is 10.2. The molecule has 0 bridgehead atoms. The Labute approximate surface area is 102 Å². The average Bonchev–Trinajstić information content (AvgIpc) is 2.26. The Bertz CT molecular complexity index is 430. The Morgan fingerprint density at radius 2 is 2.12 bits per heavy atom. The molecule has 0 amide bonds. The van der Waals surface area contributed by atoms with E-state index in [0.717, 1.165) is 18.7 Å². The normalized spacial score (nSPS) is 28.1. The Balaban J connectivity index is 2.15. The number of hydrogen-bond acceptors (Lipinski definition) is 3. The van der Waals surface area contributed by atoms with E-state index in [1.54, 1.807) is 0 Å². The highest BCUT2D eigenvalue weighted by Gasteiger charge is 2.35. The van der Waals surface area contributed by atoms with Gasteiger partial charge in [-0.1, -0.05) is 29.9 Å². The predicted octanol–water partition coefficient (Wildman–Crippen LogP) is 2.19. The third kappa shape index (κ3) is 2.49. The molecule has 1 saturated heterocycles. The highest BCUT2D eigenvalue weighted by molar-refractivity contribution is 5.77. The lowest BCUT2D eigenvalue weighted by Gasteiger charge is -2.41. The molecule has 0 radical (unpaired) electrons. The van der Waals surface area contributed by atoms with E-state index >= 15 is 0 Å². The number of likely N-dealkylation sites (tertiary alicyclic amines) is 1. The number of nitrogens with zero attached hydrogens (tertiary/aromatic N) is 1. The van der Waals surface area contributed by atoms with Gasteiger partial charge in [-0.2, -0.15) is 0 Å². The van der Waals surface area contributed by atoms with E-state index in [-0.39, 0.29) is 12.0 Å². The molecule has 17 heavy (non-hydrogen) atoms. The number of allylic oxidation sites excluding steroid dienone is 7. The van der Waals surface area contributed by atoms with Crippen molar-refractivity contribution in [3.63, 3.8) is 0 Å². The van der Waals surface area contributed by atoms with Gasteiger partial charge in [-0.3, -0.25) is 0 Å². The summed E-state index contributed by atoms with van der Waals surface area (Å²) in [5.74, 6) is -0.149. The summed E-state index contributed by atoms with van der Waals surface area (Å²) in [5, 5.41) is 0. The van der Waals surface area contributed by atoms with Crippen LogP contribution >= 0.6 is 0 Å². The maximum atomic E-state index is 11.5. The molecule has 0 aromatic carbocycles. The second-order valence-electron chi connectivity index (χ2n) is 4.24. The molecule has 0 N–H and O–H groups in total. The maximum absolute atomic E-state index is 11.5. The summed E-state index contributed by atoms with van der Waals surface area (Å²) in [4.78, 5) is 13.6. The quantitative estimate of drug-likeness (QED) is 0.682. The third-order valence-electron chi connectivity index (χ3n) is 3.08. The zero-order valence-corrected chi connectivity index (χ0v) is 10.2. The van der Waals surface area contributed by atoms with E-state index in [1.165, 1.54) is 12.7 Å². The van der Waals surface area contributed by atoms with E-state index < -0.39 is 0 Å². The van der Waals surface area contributed by atoms with Gasteiger partial charge in [-0.25, -0.2) is 4.79 Å². The monoisotopic (exact) mass is 231 g/mol. The molecule has 1 atom stereocenters. The molecule has 0 aromatic heterocycles. The number of esters is 1. The SMILES string of the molecule is COC(=O)C1CCN1C1=C/C=C(C)\C=C/C=C1. The molecule has 0 saturated carbocycles. The summed E-state index contributed by atoms with van der Waals surface area (Å²) < 4.78 is 4.79. The van der Waals surface area contributed by atoms with Gasteiger partial charge in [-0.15, -0.1) is 0 Å². The molecule has 1 heterocycles. The second kappa shape index (κ2) is 5.04. The number of carbonyl (C=O) groups is 1. The first-order valence-corrected chi connectivity index (χ1v) is 5.80. The van der Waals surface area contributed by atoms with Crippen molar-refractivity contribution >= 4 is 5.97 Å². The van der Waals surface area contributed by atoms with Crippen molar-refractivity contribution in [1.82, 2.24) is 4.90 Å². The summed E-state index contributed by atoms with van der Waals surface area (Å²) in [6, 6.07) is -0.118. The summed E-state index contributed by atoms with van der Waals surface area (Å²) in [7, 11) is 1.44. The molecule has 1 aliphatic carbocycles. The molecular formula is C14H17NO2. The van der Waals surface area contributed by atoms with Crippen LogP contribution in [0.2, 0.25) is 0 Å². The fraction of sp³-hybridized carbons (Fsp3) is 0.357. The summed E-state index contributed by atoms with van der Waals surface area (Å²) in [6.45, 7) is 2.96. The molecule has 2 rings (SSSR count). The van der Waals surface area contributed by atoms with Crippen molar-refractivity contribution < 1.29 is 9.53 Å². The number of methoxy groups -OCH3 is 1. The lowest BCUT2D eigenvalue weighted by Crippen LogP contribution is -2.51. The third-order valence-corrected chi connectivity index (χ3v) is 3.08. The van der Waals surface area contributed by atoms with Crippen LogP contribution in [-0.2, 0) is 9.53 Å². The maximum Gasteiger partial charge on any atom is 0.328 e. The molecule has 1 fully saturated rings. The summed E-state index contributed by atoms with van der Waals surface area (Å²) in [5.41, 5.74) is 2.26. The minimum absolute atomic E-state index is 0.118. The van der Waals surface area contributed by atoms with Crippen LogP contribution in [0.5, 0.6) is 0 Å². The Morgan fingerprint density at radius 3 is 2.76 bits per heavy atom. The van der Waals surface area contributed by atoms with Crippen molar-refractivity contribution in [1.29, 1.82) is 0 Å². The standard InChI is InChI=1S/C14H17NO2/c1-11-5-3-4-6-12(8-7-11)15-10-9-13(15)14(16)17-2/h3-8,13H,9-10H2,1-2H3/b4-3?,5-3-,6-4?,8-7?,11-5?,11-7-,12-6?,12-8?. The molecule has 3 nitrogen and oxygen atoms in total. The van der Waals surface area contributed by atoms with Crippen molar-refractivity contribution in [3.8, 4) is 0 Å². The van der Waals surface area contributed by atoms with Crippen LogP contribution in [0, 0.1) is 0 Å². The largest absolute Gasteiger partial charge is 0.467 e. The van der Waals surface area contributed by atoms with E-state index in [4.69, 9.17) is 4.74 Å². The molecule has 2 aliphatic rings. The molecule has 0 aromatic rings. The minimum atomic E-state index is -0.149. The predicted molar refractivity (Wildman–Crippen MR) is 67.2 cm³/mol. The number of hydrogen-bond donors (Lipinski definition) is 0. The van der Waals surface area contributed by atoms with Crippen LogP contribution in [0.15, 0.2) is 47.7 Å². The van der Waals surface area contributed by atoms with E-state index in [2.05, 4.69) is 24.0 Å². The van der Waals surface area contributed by atoms with Crippen molar-refractivity contribution in [2.75, 3.05) is 13.7 Å². The topological polar surface area (TPSA) is 29.5 Å². The van der Waals surface area contributed by atoms with Crippen molar-refractivity contribution in [3.05, 3.63) is 47.7 Å². The fourth-order valence-corrected chi connectivity index (χ4v) is 1.96. The number of ether oxygens (including phenoxy) is 1. The van der Waals surface area contributed by atoms with Gasteiger partial charge < -0.3 is 9.64 Å². The Hall–Kier alpha value is -1.77. The summed E-state index contributed by atoms with van der Waals surface area (Å²) >= 11 is 0. The minimum Gasteiger partial charge on any atom is -0.467 e. The number of carbonyl (C=O) groups excluding carboxylic acids is 1. The highest BCUT2D eigenvalue weighted by atomic mass is 16.5. The van der Waals surface area contributed by atoms with Crippen LogP contribution in [0.25, 0.3) is 0 Å². The molecule has 3 heteroatoms. The Kier molecular flexibility index (Phi) is 3.47. The molecule has 1 aliphatic heterocycles. The highest BCUT2D eigenvalue weighted by Crippen LogP contribution is 2.25.